The first kappa shape index (κ1) is 30.9. The van der Waals surface area contributed by atoms with Gasteiger partial charge >= 0.3 is 0 Å². The van der Waals surface area contributed by atoms with Crippen LogP contribution < -0.4 is 0 Å². The molecule has 5 N–H and O–H groups in total. The molecule has 1 aliphatic heterocycles. The van der Waals surface area contributed by atoms with E-state index >= 15 is 0 Å². The van der Waals surface area contributed by atoms with Crippen LogP contribution in [0.5, 0.6) is 0 Å². The van der Waals surface area contributed by atoms with Gasteiger partial charge in [0.25, 0.3) is 0 Å². The van der Waals surface area contributed by atoms with Crippen LogP contribution in [-0.2, 0) is 9.47 Å². The van der Waals surface area contributed by atoms with Crippen LogP contribution in [0.1, 0.15) is 98.8 Å². The number of aliphatic hydroxyl groups excluding tert-OH is 5. The van der Waals surface area contributed by atoms with Gasteiger partial charge in [0.2, 0.25) is 0 Å². The molecule has 14 atom stereocenters. The van der Waals surface area contributed by atoms with Crippen LogP contribution in [0.2, 0.25) is 0 Å². The molecule has 7 nitrogen and oxygen atoms in total. The summed E-state index contributed by atoms with van der Waals surface area (Å²) in [7, 11) is 0. The van der Waals surface area contributed by atoms with E-state index in [1.54, 1.807) is 0 Å². The fraction of sp³-hybridized carbons (Fsp3) is 0.939. The Morgan fingerprint density at radius 1 is 0.925 bits per heavy atom. The Morgan fingerprint density at radius 3 is 2.38 bits per heavy atom. The van der Waals surface area contributed by atoms with Gasteiger partial charge in [0, 0.05) is 0 Å². The van der Waals surface area contributed by atoms with E-state index in [9.17, 15) is 25.5 Å². The summed E-state index contributed by atoms with van der Waals surface area (Å²) in [5.41, 5.74) is 1.59. The molecular formula is C33H56O7. The van der Waals surface area contributed by atoms with Gasteiger partial charge in [0.15, 0.2) is 6.29 Å². The second kappa shape index (κ2) is 11.9. The molecule has 3 saturated carbocycles. The number of hydrogen-bond acceptors (Lipinski definition) is 7. The van der Waals surface area contributed by atoms with E-state index in [4.69, 9.17) is 9.47 Å². The zero-order valence-electron chi connectivity index (χ0n) is 25.4. The van der Waals surface area contributed by atoms with Crippen molar-refractivity contribution >= 4 is 0 Å². The van der Waals surface area contributed by atoms with Crippen molar-refractivity contribution in [1.82, 2.24) is 0 Å². The average molecular weight is 565 g/mol. The van der Waals surface area contributed by atoms with E-state index in [-0.39, 0.29) is 11.5 Å². The maximum absolute atomic E-state index is 11.7. The monoisotopic (exact) mass is 564 g/mol. The Labute approximate surface area is 241 Å². The lowest BCUT2D eigenvalue weighted by Crippen LogP contribution is -2.60. The molecule has 4 aliphatic carbocycles. The van der Waals surface area contributed by atoms with Crippen molar-refractivity contribution in [2.75, 3.05) is 6.61 Å². The van der Waals surface area contributed by atoms with Gasteiger partial charge in [-0.25, -0.2) is 0 Å². The van der Waals surface area contributed by atoms with Crippen LogP contribution in [0.15, 0.2) is 11.6 Å². The number of ether oxygens (including phenoxy) is 2. The largest absolute Gasteiger partial charge is 0.394 e. The van der Waals surface area contributed by atoms with Crippen LogP contribution in [0.4, 0.5) is 0 Å². The van der Waals surface area contributed by atoms with E-state index in [0.717, 1.165) is 37.0 Å². The molecule has 0 aromatic carbocycles. The third-order valence-corrected chi connectivity index (χ3v) is 12.5. The van der Waals surface area contributed by atoms with E-state index in [1.807, 2.05) is 0 Å². The predicted molar refractivity (Wildman–Crippen MR) is 153 cm³/mol. The third kappa shape index (κ3) is 5.35. The molecule has 0 bridgehead atoms. The first-order chi connectivity index (χ1) is 18.9. The molecule has 1 heterocycles. The lowest BCUT2D eigenvalue weighted by atomic mass is 9.46. The molecule has 0 radical (unpaired) electrons. The van der Waals surface area contributed by atoms with Gasteiger partial charge < -0.3 is 35.0 Å². The lowest BCUT2D eigenvalue weighted by Gasteiger charge is -2.59. The first-order valence-electron chi connectivity index (χ1n) is 16.3. The molecule has 0 amide bonds. The van der Waals surface area contributed by atoms with Gasteiger partial charge in [-0.2, -0.15) is 0 Å². The standard InChI is InChI=1S/C33H56O7/c1-18(2)7-6-8-19(3)22-9-10-23-27-24(12-14-33(22,23)5)32(4)13-11-21(15-20(32)16-25(27)35)39-31-30(38)29(37)28(36)26(17-34)40-31/h16,18-19,21-31,34-38H,6-15,17H2,1-5H3/t19-,21?,22-,23?,24?,25-,26-,27?,28+,29-,30-,31+,32+,33-/m1/s1. The van der Waals surface area contributed by atoms with Crippen molar-refractivity contribution in [1.29, 1.82) is 0 Å². The molecule has 230 valence electrons. The second-order valence-corrected chi connectivity index (χ2v) is 15.1. The van der Waals surface area contributed by atoms with E-state index in [1.165, 1.54) is 44.1 Å². The van der Waals surface area contributed by atoms with Crippen LogP contribution in [0, 0.1) is 46.3 Å². The van der Waals surface area contributed by atoms with Gasteiger partial charge in [-0.3, -0.25) is 0 Å². The Balaban J connectivity index is 1.28. The average Bonchev–Trinajstić information content (AvgIpc) is 3.26. The normalized spacial score (nSPS) is 49.7. The molecule has 7 heteroatoms. The number of aliphatic hydroxyl groups is 5. The molecule has 0 spiro atoms. The van der Waals surface area contributed by atoms with Gasteiger partial charge in [0.1, 0.15) is 24.4 Å². The van der Waals surface area contributed by atoms with Crippen molar-refractivity contribution in [3.8, 4) is 0 Å². The Hall–Kier alpha value is -0.540. The number of rotatable bonds is 8. The zero-order chi connectivity index (χ0) is 29.0. The summed E-state index contributed by atoms with van der Waals surface area (Å²) in [6.45, 7) is 11.6. The van der Waals surface area contributed by atoms with Crippen molar-refractivity contribution in [3.63, 3.8) is 0 Å². The van der Waals surface area contributed by atoms with Crippen LogP contribution in [-0.4, -0.2) is 75.1 Å². The van der Waals surface area contributed by atoms with Gasteiger partial charge in [-0.15, -0.1) is 0 Å². The quantitative estimate of drug-likeness (QED) is 0.281. The molecular weight excluding hydrogens is 508 g/mol. The topological polar surface area (TPSA) is 120 Å². The summed E-state index contributed by atoms with van der Waals surface area (Å²) in [5.74, 6) is 3.59. The SMILES string of the molecule is CC(C)CCC[C@@H](C)[C@H]1CCC2C3C(CC[C@@]21C)[C@@]1(C)CCC(O[C@H]2O[C@H](CO)[C@H](O)[C@@H](O)[C@H]2O)CC1=C[C@H]3O. The third-order valence-electron chi connectivity index (χ3n) is 12.5. The maximum Gasteiger partial charge on any atom is 0.186 e. The lowest BCUT2D eigenvalue weighted by molar-refractivity contribution is -0.313. The number of hydrogen-bond donors (Lipinski definition) is 5. The first-order valence-corrected chi connectivity index (χ1v) is 16.3. The zero-order valence-corrected chi connectivity index (χ0v) is 25.4. The van der Waals surface area contributed by atoms with Crippen molar-refractivity contribution in [2.45, 2.75) is 142 Å². The van der Waals surface area contributed by atoms with Crippen LogP contribution >= 0.6 is 0 Å². The summed E-state index contributed by atoms with van der Waals surface area (Å²) in [6.07, 6.45) is 6.47. The summed E-state index contributed by atoms with van der Waals surface area (Å²) >= 11 is 0. The highest BCUT2D eigenvalue weighted by atomic mass is 16.7. The summed E-state index contributed by atoms with van der Waals surface area (Å²) in [4.78, 5) is 0. The smallest absolute Gasteiger partial charge is 0.186 e. The minimum atomic E-state index is -1.44. The molecule has 4 unspecified atom stereocenters. The van der Waals surface area contributed by atoms with Gasteiger partial charge in [-0.1, -0.05) is 65.5 Å². The maximum atomic E-state index is 11.7. The van der Waals surface area contributed by atoms with E-state index in [0.29, 0.717) is 29.6 Å². The Kier molecular flexibility index (Phi) is 9.16. The molecule has 4 fully saturated rings. The molecule has 40 heavy (non-hydrogen) atoms. The second-order valence-electron chi connectivity index (χ2n) is 15.1. The Morgan fingerprint density at radius 2 is 1.68 bits per heavy atom. The minimum Gasteiger partial charge on any atom is -0.394 e. The molecule has 5 rings (SSSR count). The van der Waals surface area contributed by atoms with Crippen LogP contribution in [0.25, 0.3) is 0 Å². The van der Waals surface area contributed by atoms with E-state index in [2.05, 4.69) is 40.7 Å². The summed E-state index contributed by atoms with van der Waals surface area (Å²) < 4.78 is 11.8. The fourth-order valence-electron chi connectivity index (χ4n) is 10.1. The fourth-order valence-corrected chi connectivity index (χ4v) is 10.1. The molecule has 0 aromatic rings. The van der Waals surface area contributed by atoms with E-state index < -0.39 is 43.4 Å². The summed E-state index contributed by atoms with van der Waals surface area (Å²) in [5, 5.41) is 52.0. The predicted octanol–water partition coefficient (Wildman–Crippen LogP) is 4.18. The van der Waals surface area contributed by atoms with Crippen LogP contribution in [0.3, 0.4) is 0 Å². The van der Waals surface area contributed by atoms with Gasteiger partial charge in [0.05, 0.1) is 18.8 Å². The highest BCUT2D eigenvalue weighted by Gasteiger charge is 2.61. The molecule has 1 saturated heterocycles. The van der Waals surface area contributed by atoms with Crippen molar-refractivity contribution in [3.05, 3.63) is 11.6 Å². The highest BCUT2D eigenvalue weighted by molar-refractivity contribution is 5.28. The van der Waals surface area contributed by atoms with Crippen molar-refractivity contribution < 1.29 is 35.0 Å². The van der Waals surface area contributed by atoms with Crippen molar-refractivity contribution in [2.24, 2.45) is 46.3 Å². The number of fused-ring (bicyclic) bond motifs is 5. The summed E-state index contributed by atoms with van der Waals surface area (Å²) in [6, 6.07) is 0. The Bertz CT molecular complexity index is 905. The highest BCUT2D eigenvalue weighted by Crippen LogP contribution is 2.67. The molecule has 5 aliphatic rings. The minimum absolute atomic E-state index is 0.0292. The molecule has 0 aromatic heterocycles. The van der Waals surface area contributed by atoms with Gasteiger partial charge in [-0.05, 0) is 91.3 Å².